The van der Waals surface area contributed by atoms with Crippen LogP contribution in [0.4, 0.5) is 0 Å². The van der Waals surface area contributed by atoms with Crippen LogP contribution >= 0.6 is 0 Å². The van der Waals surface area contributed by atoms with Crippen LogP contribution < -0.4 is 0 Å². The van der Waals surface area contributed by atoms with E-state index in [-0.39, 0.29) is 18.5 Å². The van der Waals surface area contributed by atoms with Gasteiger partial charge in [-0.2, -0.15) is 0 Å². The van der Waals surface area contributed by atoms with Gasteiger partial charge in [-0.15, -0.1) is 0 Å². The maximum absolute atomic E-state index is 12.4. The molecule has 5 nitrogen and oxygen atoms in total. The van der Waals surface area contributed by atoms with Gasteiger partial charge in [-0.3, -0.25) is 9.59 Å². The number of allylic oxidation sites excluding steroid dienone is 4. The van der Waals surface area contributed by atoms with Crippen LogP contribution in [0.5, 0.6) is 0 Å². The number of ether oxygens (including phenoxy) is 2. The van der Waals surface area contributed by atoms with Crippen LogP contribution in [0, 0.1) is 0 Å². The van der Waals surface area contributed by atoms with Gasteiger partial charge in [0.25, 0.3) is 0 Å². The molecule has 0 unspecified atom stereocenters. The van der Waals surface area contributed by atoms with Gasteiger partial charge in [0.1, 0.15) is 12.7 Å². The summed E-state index contributed by atoms with van der Waals surface area (Å²) >= 11 is 0. The smallest absolute Gasteiger partial charge is 0.306 e. The number of unbranched alkanes of at least 4 members (excludes halogenated alkanes) is 22. The Morgan fingerprint density at radius 1 is 0.500 bits per heavy atom. The van der Waals surface area contributed by atoms with Crippen LogP contribution in [0.1, 0.15) is 194 Å². The van der Waals surface area contributed by atoms with Gasteiger partial charge in [0.2, 0.25) is 0 Å². The van der Waals surface area contributed by atoms with E-state index >= 15 is 0 Å². The molecule has 0 N–H and O–H groups in total. The van der Waals surface area contributed by atoms with Gasteiger partial charge in [0.15, 0.2) is 0 Å². The van der Waals surface area contributed by atoms with Crippen molar-refractivity contribution in [2.24, 2.45) is 0 Å². The summed E-state index contributed by atoms with van der Waals surface area (Å²) in [5.74, 6) is -0.368. The van der Waals surface area contributed by atoms with E-state index in [0.717, 1.165) is 38.5 Å². The fourth-order valence-electron chi connectivity index (χ4n) is 5.71. The third-order valence-electron chi connectivity index (χ3n) is 8.58. The molecule has 0 rings (SSSR count). The minimum Gasteiger partial charge on any atom is -0.462 e. The molecule has 0 fully saturated rings. The Bertz CT molecular complexity index is 717. The topological polar surface area (TPSA) is 55.8 Å². The van der Waals surface area contributed by atoms with Crippen molar-refractivity contribution in [3.05, 3.63) is 24.3 Å². The summed E-state index contributed by atoms with van der Waals surface area (Å²) in [4.78, 5) is 26.7. The number of carbonyl (C=O) groups is 2. The summed E-state index contributed by atoms with van der Waals surface area (Å²) in [6, 6.07) is 0. The molecule has 0 aromatic carbocycles. The highest BCUT2D eigenvalue weighted by Crippen LogP contribution is 2.13. The van der Waals surface area contributed by atoms with E-state index < -0.39 is 6.10 Å². The van der Waals surface area contributed by atoms with E-state index in [0.29, 0.717) is 19.4 Å². The zero-order valence-electron chi connectivity index (χ0n) is 31.2. The standard InChI is InChI=1S/C41H77NO4/c1-5-7-9-11-13-15-17-19-21-23-25-27-29-31-33-35-40(43)45-38-39(37-42(3)4)46-41(44)36-34-32-30-28-26-24-22-20-18-16-14-12-10-8-6-2/h19-22,39H,5-18,23-38H2,1-4H3/b21-19+,22-20+/t39-/m0/s1. The Balaban J connectivity index is 3.78. The van der Waals surface area contributed by atoms with Gasteiger partial charge in [0.05, 0.1) is 0 Å². The molecule has 0 aromatic rings. The fourth-order valence-corrected chi connectivity index (χ4v) is 5.71. The van der Waals surface area contributed by atoms with E-state index in [1.165, 1.54) is 128 Å². The molecule has 0 aliphatic heterocycles. The van der Waals surface area contributed by atoms with E-state index in [9.17, 15) is 9.59 Å². The Morgan fingerprint density at radius 3 is 1.24 bits per heavy atom. The molecule has 0 aliphatic rings. The predicted molar refractivity (Wildman–Crippen MR) is 198 cm³/mol. The number of hydrogen-bond acceptors (Lipinski definition) is 5. The SMILES string of the molecule is CCCCCCCC/C=C/CCCCCCCC(=O)OC[C@H](CN(C)C)OC(=O)CCCCCCC/C=C/CCCCCCCC. The van der Waals surface area contributed by atoms with Gasteiger partial charge in [-0.05, 0) is 78.3 Å². The molecular formula is C41H77NO4. The Hall–Kier alpha value is -1.62. The molecule has 5 heteroatoms. The summed E-state index contributed by atoms with van der Waals surface area (Å²) in [5, 5.41) is 0. The van der Waals surface area contributed by atoms with E-state index in [1.807, 2.05) is 19.0 Å². The molecule has 0 saturated carbocycles. The van der Waals surface area contributed by atoms with Crippen LogP contribution in [-0.4, -0.2) is 50.2 Å². The van der Waals surface area contributed by atoms with Gasteiger partial charge in [-0.1, -0.05) is 141 Å². The lowest BCUT2D eigenvalue weighted by molar-refractivity contribution is -0.160. The Morgan fingerprint density at radius 2 is 0.848 bits per heavy atom. The predicted octanol–water partition coefficient (Wildman–Crippen LogP) is 12.1. The summed E-state index contributed by atoms with van der Waals surface area (Å²) < 4.78 is 11.2. The molecule has 0 spiro atoms. The van der Waals surface area contributed by atoms with Crippen molar-refractivity contribution in [1.29, 1.82) is 0 Å². The molecule has 1 atom stereocenters. The highest BCUT2D eigenvalue weighted by Gasteiger charge is 2.18. The van der Waals surface area contributed by atoms with Crippen molar-refractivity contribution < 1.29 is 19.1 Å². The lowest BCUT2D eigenvalue weighted by atomic mass is 10.1. The van der Waals surface area contributed by atoms with Crippen LogP contribution in [0.2, 0.25) is 0 Å². The number of esters is 2. The fraction of sp³-hybridized carbons (Fsp3) is 0.854. The number of carbonyl (C=O) groups excluding carboxylic acids is 2. The first-order chi connectivity index (χ1) is 22.5. The maximum atomic E-state index is 12.4. The summed E-state index contributed by atoms with van der Waals surface area (Å²) in [6.07, 6.45) is 42.0. The van der Waals surface area contributed by atoms with E-state index in [4.69, 9.17) is 9.47 Å². The minimum absolute atomic E-state index is 0.139. The minimum atomic E-state index is -0.413. The lowest BCUT2D eigenvalue weighted by Crippen LogP contribution is -2.34. The Labute approximate surface area is 286 Å². The van der Waals surface area contributed by atoms with Gasteiger partial charge in [0, 0.05) is 19.4 Å². The summed E-state index contributed by atoms with van der Waals surface area (Å²) in [7, 11) is 3.88. The first kappa shape index (κ1) is 44.4. The van der Waals surface area contributed by atoms with Crippen molar-refractivity contribution in [1.82, 2.24) is 4.90 Å². The van der Waals surface area contributed by atoms with E-state index in [1.54, 1.807) is 0 Å². The average Bonchev–Trinajstić information content (AvgIpc) is 3.03. The first-order valence-corrected chi connectivity index (χ1v) is 19.8. The summed E-state index contributed by atoms with van der Waals surface area (Å²) in [6.45, 7) is 5.23. The normalized spacial score (nSPS) is 12.5. The molecule has 46 heavy (non-hydrogen) atoms. The molecule has 0 aromatic heterocycles. The lowest BCUT2D eigenvalue weighted by Gasteiger charge is -2.21. The zero-order chi connectivity index (χ0) is 33.8. The van der Waals surface area contributed by atoms with Gasteiger partial charge < -0.3 is 14.4 Å². The monoisotopic (exact) mass is 648 g/mol. The highest BCUT2D eigenvalue weighted by molar-refractivity contribution is 5.70. The van der Waals surface area contributed by atoms with Crippen molar-refractivity contribution in [3.63, 3.8) is 0 Å². The zero-order valence-corrected chi connectivity index (χ0v) is 31.2. The van der Waals surface area contributed by atoms with Crippen molar-refractivity contribution in [3.8, 4) is 0 Å². The number of hydrogen-bond donors (Lipinski definition) is 0. The molecule has 0 heterocycles. The number of likely N-dealkylation sites (N-methyl/N-ethyl adjacent to an activating group) is 1. The molecule has 0 aliphatic carbocycles. The quantitative estimate of drug-likeness (QED) is 0.0389. The summed E-state index contributed by atoms with van der Waals surface area (Å²) in [5.41, 5.74) is 0. The average molecular weight is 648 g/mol. The van der Waals surface area contributed by atoms with Crippen molar-refractivity contribution in [2.45, 2.75) is 200 Å². The van der Waals surface area contributed by atoms with Crippen LogP contribution in [0.25, 0.3) is 0 Å². The highest BCUT2D eigenvalue weighted by atomic mass is 16.6. The molecule has 270 valence electrons. The first-order valence-electron chi connectivity index (χ1n) is 19.8. The molecule has 0 radical (unpaired) electrons. The molecule has 0 amide bonds. The molecular weight excluding hydrogens is 570 g/mol. The van der Waals surface area contributed by atoms with Crippen molar-refractivity contribution >= 4 is 11.9 Å². The second kappa shape index (κ2) is 36.2. The number of nitrogens with zero attached hydrogens (tertiary/aromatic N) is 1. The maximum Gasteiger partial charge on any atom is 0.306 e. The number of rotatable bonds is 35. The Kier molecular flexibility index (Phi) is 34.9. The molecule has 0 saturated heterocycles. The van der Waals surface area contributed by atoms with Crippen LogP contribution in [-0.2, 0) is 19.1 Å². The van der Waals surface area contributed by atoms with E-state index in [2.05, 4.69) is 38.2 Å². The van der Waals surface area contributed by atoms with Crippen molar-refractivity contribution in [2.75, 3.05) is 27.2 Å². The second-order valence-electron chi connectivity index (χ2n) is 13.7. The largest absolute Gasteiger partial charge is 0.462 e. The molecule has 0 bridgehead atoms. The van der Waals surface area contributed by atoms with Gasteiger partial charge >= 0.3 is 11.9 Å². The third kappa shape index (κ3) is 35.2. The van der Waals surface area contributed by atoms with Crippen LogP contribution in [0.15, 0.2) is 24.3 Å². The third-order valence-corrected chi connectivity index (χ3v) is 8.58. The van der Waals surface area contributed by atoms with Gasteiger partial charge in [-0.25, -0.2) is 0 Å². The van der Waals surface area contributed by atoms with Crippen LogP contribution in [0.3, 0.4) is 0 Å². The second-order valence-corrected chi connectivity index (χ2v) is 13.7.